The fraction of sp³-hybridized carbons (Fsp3) is 0.222. The first-order chi connectivity index (χ1) is 10.2. The van der Waals surface area contributed by atoms with Crippen LogP contribution in [0.4, 0.5) is 0 Å². The Labute approximate surface area is 123 Å². The molecule has 0 spiro atoms. The fourth-order valence-corrected chi connectivity index (χ4v) is 2.86. The Morgan fingerprint density at radius 1 is 0.857 bits per heavy atom. The third-order valence-corrected chi connectivity index (χ3v) is 3.95. The zero-order chi connectivity index (χ0) is 14.8. The van der Waals surface area contributed by atoms with E-state index in [1.165, 1.54) is 0 Å². The Kier molecular flexibility index (Phi) is 3.88. The molecule has 0 saturated carbocycles. The van der Waals surface area contributed by atoms with Gasteiger partial charge in [-0.05, 0) is 46.1 Å². The van der Waals surface area contributed by atoms with Crippen LogP contribution in [0.1, 0.15) is 18.1 Å². The summed E-state index contributed by atoms with van der Waals surface area (Å²) < 4.78 is 0. The van der Waals surface area contributed by atoms with Gasteiger partial charge in [-0.1, -0.05) is 48.5 Å². The number of hydrogen-bond acceptors (Lipinski definition) is 3. The molecule has 0 aliphatic rings. The van der Waals surface area contributed by atoms with E-state index in [0.717, 1.165) is 27.1 Å². The van der Waals surface area contributed by atoms with Gasteiger partial charge in [0.25, 0.3) is 0 Å². The molecule has 0 amide bonds. The summed E-state index contributed by atoms with van der Waals surface area (Å²) in [5, 5.41) is 24.8. The predicted molar refractivity (Wildman–Crippen MR) is 86.1 cm³/mol. The van der Waals surface area contributed by atoms with Crippen molar-refractivity contribution in [2.45, 2.75) is 18.6 Å². The Hall–Kier alpha value is -1.94. The van der Waals surface area contributed by atoms with Crippen molar-refractivity contribution in [1.29, 1.82) is 0 Å². The van der Waals surface area contributed by atoms with Crippen molar-refractivity contribution in [2.24, 2.45) is 5.73 Å². The van der Waals surface area contributed by atoms with Gasteiger partial charge in [-0.15, -0.1) is 0 Å². The van der Waals surface area contributed by atoms with Gasteiger partial charge in [0.05, 0.1) is 6.10 Å². The van der Waals surface area contributed by atoms with Crippen molar-refractivity contribution in [3.05, 3.63) is 60.2 Å². The fourth-order valence-electron chi connectivity index (χ4n) is 2.86. The number of rotatable bonds is 4. The van der Waals surface area contributed by atoms with Crippen molar-refractivity contribution in [1.82, 2.24) is 0 Å². The molecule has 2 atom stereocenters. The van der Waals surface area contributed by atoms with E-state index in [1.807, 2.05) is 48.5 Å². The summed E-state index contributed by atoms with van der Waals surface area (Å²) in [7, 11) is 0. The lowest BCUT2D eigenvalue weighted by atomic mass is 9.92. The first-order valence-electron chi connectivity index (χ1n) is 7.19. The molecule has 21 heavy (non-hydrogen) atoms. The molecule has 0 aliphatic carbocycles. The summed E-state index contributed by atoms with van der Waals surface area (Å²) in [6, 6.07) is 18.0. The third-order valence-electron chi connectivity index (χ3n) is 3.95. The van der Waals surface area contributed by atoms with Gasteiger partial charge in [-0.3, -0.25) is 0 Å². The van der Waals surface area contributed by atoms with Crippen LogP contribution in [0.15, 0.2) is 54.6 Å². The second-order valence-electron chi connectivity index (χ2n) is 5.32. The highest BCUT2D eigenvalue weighted by Crippen LogP contribution is 2.33. The smallest absolute Gasteiger partial charge is 0.106 e. The molecule has 4 N–H and O–H groups in total. The topological polar surface area (TPSA) is 66.5 Å². The average molecular weight is 281 g/mol. The van der Waals surface area contributed by atoms with Gasteiger partial charge in [-0.2, -0.15) is 0 Å². The van der Waals surface area contributed by atoms with Crippen molar-refractivity contribution >= 4 is 21.5 Å². The van der Waals surface area contributed by atoms with Crippen molar-refractivity contribution in [2.75, 3.05) is 6.54 Å². The van der Waals surface area contributed by atoms with Crippen LogP contribution < -0.4 is 5.73 Å². The lowest BCUT2D eigenvalue weighted by Crippen LogP contribution is -2.22. The molecular formula is C18H19NO2. The van der Waals surface area contributed by atoms with Gasteiger partial charge in [0.15, 0.2) is 0 Å². The number of fused-ring (bicyclic) bond motifs is 3. The Morgan fingerprint density at radius 2 is 1.48 bits per heavy atom. The molecular weight excluding hydrogens is 262 g/mol. The maximum Gasteiger partial charge on any atom is 0.106 e. The van der Waals surface area contributed by atoms with Crippen LogP contribution >= 0.6 is 0 Å². The maximum atomic E-state index is 10.5. The standard InChI is InChI=1S/C18H19NO2/c19-10-9-17(20)18(21)16-11-12-5-1-2-6-13(12)14-7-3-4-8-15(14)16/h1-8,11,17-18,20-21H,9-10,19H2. The maximum absolute atomic E-state index is 10.5. The van der Waals surface area contributed by atoms with Crippen LogP contribution in [-0.2, 0) is 0 Å². The molecule has 0 aliphatic heterocycles. The average Bonchev–Trinajstić information content (AvgIpc) is 2.53. The van der Waals surface area contributed by atoms with Crippen molar-refractivity contribution < 1.29 is 10.2 Å². The molecule has 2 unspecified atom stereocenters. The number of hydrogen-bond donors (Lipinski definition) is 3. The summed E-state index contributed by atoms with van der Waals surface area (Å²) in [5.41, 5.74) is 6.23. The first-order valence-corrected chi connectivity index (χ1v) is 7.19. The molecule has 3 aromatic carbocycles. The van der Waals surface area contributed by atoms with Crippen molar-refractivity contribution in [3.63, 3.8) is 0 Å². The lowest BCUT2D eigenvalue weighted by molar-refractivity contribution is 0.0159. The van der Waals surface area contributed by atoms with E-state index in [9.17, 15) is 10.2 Å². The number of aliphatic hydroxyl groups is 2. The molecule has 3 aromatic rings. The van der Waals surface area contributed by atoms with E-state index < -0.39 is 12.2 Å². The quantitative estimate of drug-likeness (QED) is 0.644. The zero-order valence-corrected chi connectivity index (χ0v) is 11.7. The van der Waals surface area contributed by atoms with E-state index in [1.54, 1.807) is 0 Å². The lowest BCUT2D eigenvalue weighted by Gasteiger charge is -2.20. The Bertz CT molecular complexity index is 769. The molecule has 0 fully saturated rings. The van der Waals surface area contributed by atoms with Crippen LogP contribution in [0.3, 0.4) is 0 Å². The molecule has 3 heteroatoms. The number of nitrogens with two attached hydrogens (primary N) is 1. The highest BCUT2D eigenvalue weighted by atomic mass is 16.3. The number of aliphatic hydroxyl groups excluding tert-OH is 2. The SMILES string of the molecule is NCCC(O)C(O)c1cc2ccccc2c2ccccc12. The Morgan fingerprint density at radius 3 is 2.19 bits per heavy atom. The minimum atomic E-state index is -0.928. The molecule has 0 bridgehead atoms. The summed E-state index contributed by atoms with van der Waals surface area (Å²) in [4.78, 5) is 0. The van der Waals surface area contributed by atoms with Crippen LogP contribution in [0, 0.1) is 0 Å². The first kappa shape index (κ1) is 14.0. The van der Waals surface area contributed by atoms with E-state index in [2.05, 4.69) is 6.07 Å². The van der Waals surface area contributed by atoms with E-state index >= 15 is 0 Å². The van der Waals surface area contributed by atoms with Gasteiger partial charge in [0.2, 0.25) is 0 Å². The monoisotopic (exact) mass is 281 g/mol. The molecule has 0 aromatic heterocycles. The van der Waals surface area contributed by atoms with E-state index in [4.69, 9.17) is 5.73 Å². The van der Waals surface area contributed by atoms with Crippen LogP contribution in [0.2, 0.25) is 0 Å². The Balaban J connectivity index is 2.25. The van der Waals surface area contributed by atoms with Crippen molar-refractivity contribution in [3.8, 4) is 0 Å². The predicted octanol–water partition coefficient (Wildman–Crippen LogP) is 2.74. The van der Waals surface area contributed by atoms with Gasteiger partial charge in [0, 0.05) is 0 Å². The molecule has 108 valence electrons. The van der Waals surface area contributed by atoms with Gasteiger partial charge < -0.3 is 15.9 Å². The molecule has 3 nitrogen and oxygen atoms in total. The number of benzene rings is 3. The second kappa shape index (κ2) is 5.82. The molecule has 0 heterocycles. The molecule has 0 saturated heterocycles. The summed E-state index contributed by atoms with van der Waals surface area (Å²) >= 11 is 0. The van der Waals surface area contributed by atoms with Crippen LogP contribution in [0.25, 0.3) is 21.5 Å². The minimum absolute atomic E-state index is 0.351. The second-order valence-corrected chi connectivity index (χ2v) is 5.32. The summed E-state index contributed by atoms with van der Waals surface area (Å²) in [5.74, 6) is 0. The minimum Gasteiger partial charge on any atom is -0.390 e. The highest BCUT2D eigenvalue weighted by Gasteiger charge is 2.20. The summed E-state index contributed by atoms with van der Waals surface area (Å²) in [6.45, 7) is 0.351. The van der Waals surface area contributed by atoms with E-state index in [-0.39, 0.29) is 0 Å². The third kappa shape index (κ3) is 2.51. The molecule has 3 rings (SSSR count). The summed E-state index contributed by atoms with van der Waals surface area (Å²) in [6.07, 6.45) is -1.40. The largest absolute Gasteiger partial charge is 0.390 e. The van der Waals surface area contributed by atoms with Gasteiger partial charge in [0.1, 0.15) is 6.10 Å². The van der Waals surface area contributed by atoms with Gasteiger partial charge in [-0.25, -0.2) is 0 Å². The van der Waals surface area contributed by atoms with Gasteiger partial charge >= 0.3 is 0 Å². The molecule has 0 radical (unpaired) electrons. The van der Waals surface area contributed by atoms with Crippen LogP contribution in [-0.4, -0.2) is 22.9 Å². The zero-order valence-electron chi connectivity index (χ0n) is 11.7. The van der Waals surface area contributed by atoms with E-state index in [0.29, 0.717) is 13.0 Å². The normalized spacial score (nSPS) is 14.4. The highest BCUT2D eigenvalue weighted by molar-refractivity contribution is 6.09. The van der Waals surface area contributed by atoms with Crippen LogP contribution in [0.5, 0.6) is 0 Å².